The lowest BCUT2D eigenvalue weighted by Crippen LogP contribution is -2.52. The molecule has 0 radical (unpaired) electrons. The van der Waals surface area contributed by atoms with Gasteiger partial charge in [0.2, 0.25) is 0 Å². The van der Waals surface area contributed by atoms with Crippen LogP contribution in [0.5, 0.6) is 0 Å². The Balaban J connectivity index is 1.44. The number of hydrogen-bond donors (Lipinski definition) is 1. The van der Waals surface area contributed by atoms with Crippen molar-refractivity contribution in [1.29, 1.82) is 0 Å². The molecule has 3 aromatic carbocycles. The zero-order valence-electron chi connectivity index (χ0n) is 18.5. The molecule has 174 valence electrons. The predicted molar refractivity (Wildman–Crippen MR) is 123 cm³/mol. The van der Waals surface area contributed by atoms with Crippen molar-refractivity contribution in [2.75, 3.05) is 6.61 Å². The van der Waals surface area contributed by atoms with Crippen LogP contribution in [0.4, 0.5) is 0 Å². The third kappa shape index (κ3) is 7.20. The van der Waals surface area contributed by atoms with Crippen molar-refractivity contribution in [2.45, 2.75) is 50.8 Å². The molecular weight excluding hydrogens is 420 g/mol. The van der Waals surface area contributed by atoms with E-state index in [9.17, 15) is 5.26 Å². The van der Waals surface area contributed by atoms with Crippen LogP contribution in [-0.2, 0) is 43.7 Å². The van der Waals surface area contributed by atoms with Gasteiger partial charge in [-0.25, -0.2) is 10.1 Å². The highest BCUT2D eigenvalue weighted by atomic mass is 17.1. The van der Waals surface area contributed by atoms with Crippen molar-refractivity contribution >= 4 is 0 Å². The summed E-state index contributed by atoms with van der Waals surface area (Å²) < 4.78 is 24.5. The minimum absolute atomic E-state index is 0.277. The summed E-state index contributed by atoms with van der Waals surface area (Å²) in [6, 6.07) is 29.9. The van der Waals surface area contributed by atoms with E-state index in [1.165, 1.54) is 0 Å². The molecule has 0 aromatic heterocycles. The summed E-state index contributed by atoms with van der Waals surface area (Å²) in [5.41, 5.74) is 3.19. The van der Waals surface area contributed by atoms with Gasteiger partial charge in [0.1, 0.15) is 12.2 Å². The number of rotatable bonds is 11. The summed E-state index contributed by atoms with van der Waals surface area (Å²) >= 11 is 0. The standard InChI is InChI=1S/C27H30O6/c28-33-26-16-24(30-18-22-12-6-2-7-13-22)27(31-19-23-14-8-3-9-15-23)25(32-26)20-29-17-21-10-4-1-5-11-21/h1-15,24-28H,16-20H2/t24-,25?,26+,27-/m0/s1. The van der Waals surface area contributed by atoms with Crippen molar-refractivity contribution in [3.8, 4) is 0 Å². The average molecular weight is 451 g/mol. The number of ether oxygens (including phenoxy) is 4. The molecule has 3 aromatic rings. The summed E-state index contributed by atoms with van der Waals surface area (Å²) in [4.78, 5) is 4.57. The topological polar surface area (TPSA) is 66.4 Å². The Hall–Kier alpha value is -2.58. The zero-order valence-corrected chi connectivity index (χ0v) is 18.5. The summed E-state index contributed by atoms with van der Waals surface area (Å²) in [5.74, 6) is 0. The van der Waals surface area contributed by atoms with E-state index in [1.807, 2.05) is 91.0 Å². The minimum Gasteiger partial charge on any atom is -0.374 e. The van der Waals surface area contributed by atoms with E-state index in [0.717, 1.165) is 16.7 Å². The molecule has 4 atom stereocenters. The zero-order chi connectivity index (χ0) is 22.7. The molecule has 0 saturated carbocycles. The van der Waals surface area contributed by atoms with Gasteiger partial charge in [0.15, 0.2) is 6.29 Å². The van der Waals surface area contributed by atoms with Crippen molar-refractivity contribution in [1.82, 2.24) is 0 Å². The molecule has 1 saturated heterocycles. The molecule has 1 N–H and O–H groups in total. The molecule has 1 aliphatic heterocycles. The quantitative estimate of drug-likeness (QED) is 0.328. The van der Waals surface area contributed by atoms with Gasteiger partial charge in [0.05, 0.1) is 32.5 Å². The normalized spacial score (nSPS) is 22.8. The van der Waals surface area contributed by atoms with Crippen molar-refractivity contribution < 1.29 is 29.1 Å². The smallest absolute Gasteiger partial charge is 0.194 e. The van der Waals surface area contributed by atoms with Crippen LogP contribution in [-0.4, -0.2) is 36.5 Å². The Morgan fingerprint density at radius 2 is 1.21 bits per heavy atom. The van der Waals surface area contributed by atoms with Gasteiger partial charge in [-0.05, 0) is 16.7 Å². The van der Waals surface area contributed by atoms with Crippen LogP contribution in [0.15, 0.2) is 91.0 Å². The first-order valence-electron chi connectivity index (χ1n) is 11.2. The van der Waals surface area contributed by atoms with E-state index in [4.69, 9.17) is 18.9 Å². The fourth-order valence-corrected chi connectivity index (χ4v) is 3.88. The summed E-state index contributed by atoms with van der Waals surface area (Å²) in [6.07, 6.45) is -1.67. The lowest BCUT2D eigenvalue weighted by molar-refractivity contribution is -0.385. The molecule has 33 heavy (non-hydrogen) atoms. The van der Waals surface area contributed by atoms with Gasteiger partial charge in [-0.15, -0.1) is 0 Å². The van der Waals surface area contributed by atoms with Crippen LogP contribution < -0.4 is 0 Å². The van der Waals surface area contributed by atoms with E-state index in [0.29, 0.717) is 26.2 Å². The van der Waals surface area contributed by atoms with Crippen LogP contribution in [0.25, 0.3) is 0 Å². The Kier molecular flexibility index (Phi) is 9.00. The van der Waals surface area contributed by atoms with Crippen LogP contribution in [0.1, 0.15) is 23.1 Å². The summed E-state index contributed by atoms with van der Waals surface area (Å²) in [5, 5.41) is 9.35. The van der Waals surface area contributed by atoms with Gasteiger partial charge in [0, 0.05) is 6.42 Å². The minimum atomic E-state index is -0.812. The molecule has 6 nitrogen and oxygen atoms in total. The van der Waals surface area contributed by atoms with Gasteiger partial charge in [0.25, 0.3) is 0 Å². The van der Waals surface area contributed by atoms with E-state index in [-0.39, 0.29) is 12.7 Å². The highest BCUT2D eigenvalue weighted by Crippen LogP contribution is 2.28. The fourth-order valence-electron chi connectivity index (χ4n) is 3.88. The highest BCUT2D eigenvalue weighted by Gasteiger charge is 2.41. The number of benzene rings is 3. The average Bonchev–Trinajstić information content (AvgIpc) is 2.88. The first-order chi connectivity index (χ1) is 16.3. The van der Waals surface area contributed by atoms with Gasteiger partial charge in [-0.3, -0.25) is 0 Å². The van der Waals surface area contributed by atoms with Crippen molar-refractivity contribution in [3.05, 3.63) is 108 Å². The SMILES string of the molecule is OO[C@@H]1C[C@H](OCc2ccccc2)[C@H](OCc2ccccc2)C(COCc2ccccc2)O1. The van der Waals surface area contributed by atoms with Gasteiger partial charge < -0.3 is 18.9 Å². The predicted octanol–water partition coefficient (Wildman–Crippen LogP) is 4.98. The van der Waals surface area contributed by atoms with Crippen LogP contribution >= 0.6 is 0 Å². The highest BCUT2D eigenvalue weighted by molar-refractivity contribution is 5.15. The van der Waals surface area contributed by atoms with E-state index in [2.05, 4.69) is 4.89 Å². The van der Waals surface area contributed by atoms with Gasteiger partial charge >= 0.3 is 0 Å². The second kappa shape index (κ2) is 12.6. The van der Waals surface area contributed by atoms with Crippen LogP contribution in [0.3, 0.4) is 0 Å². The second-order valence-corrected chi connectivity index (χ2v) is 8.04. The molecule has 0 bridgehead atoms. The Morgan fingerprint density at radius 3 is 1.76 bits per heavy atom. The molecule has 0 aliphatic carbocycles. The molecule has 6 heteroatoms. The maximum absolute atomic E-state index is 9.35. The molecule has 0 amide bonds. The lowest BCUT2D eigenvalue weighted by Gasteiger charge is -2.40. The van der Waals surface area contributed by atoms with E-state index >= 15 is 0 Å². The molecule has 1 heterocycles. The second-order valence-electron chi connectivity index (χ2n) is 8.04. The summed E-state index contributed by atoms with van der Waals surface area (Å²) in [6.45, 7) is 1.57. The number of hydrogen-bond acceptors (Lipinski definition) is 6. The summed E-state index contributed by atoms with van der Waals surface area (Å²) in [7, 11) is 0. The van der Waals surface area contributed by atoms with Gasteiger partial charge in [-0.1, -0.05) is 91.0 Å². The van der Waals surface area contributed by atoms with E-state index < -0.39 is 18.5 Å². The maximum Gasteiger partial charge on any atom is 0.194 e. The molecule has 1 unspecified atom stereocenters. The Bertz CT molecular complexity index is 921. The maximum atomic E-state index is 9.35. The third-order valence-electron chi connectivity index (χ3n) is 5.59. The Labute approximate surface area is 194 Å². The van der Waals surface area contributed by atoms with Crippen molar-refractivity contribution in [3.63, 3.8) is 0 Å². The monoisotopic (exact) mass is 450 g/mol. The fraction of sp³-hybridized carbons (Fsp3) is 0.333. The first-order valence-corrected chi connectivity index (χ1v) is 11.2. The van der Waals surface area contributed by atoms with Crippen molar-refractivity contribution in [2.24, 2.45) is 0 Å². The molecule has 1 aliphatic rings. The van der Waals surface area contributed by atoms with Gasteiger partial charge in [-0.2, -0.15) is 0 Å². The largest absolute Gasteiger partial charge is 0.374 e. The Morgan fingerprint density at radius 1 is 0.697 bits per heavy atom. The molecule has 1 fully saturated rings. The molecular formula is C27H30O6. The van der Waals surface area contributed by atoms with E-state index in [1.54, 1.807) is 0 Å². The van der Waals surface area contributed by atoms with Crippen LogP contribution in [0.2, 0.25) is 0 Å². The first kappa shape index (κ1) is 23.6. The van der Waals surface area contributed by atoms with Crippen LogP contribution in [0, 0.1) is 0 Å². The third-order valence-corrected chi connectivity index (χ3v) is 5.59. The lowest BCUT2D eigenvalue weighted by atomic mass is 10.0. The molecule has 4 rings (SSSR count). The molecule has 0 spiro atoms.